The number of nitrogens with zero attached hydrogens (tertiary/aromatic N) is 2. The van der Waals surface area contributed by atoms with Crippen LogP contribution in [0.4, 0.5) is 0 Å². The van der Waals surface area contributed by atoms with Crippen LogP contribution in [-0.4, -0.2) is 53.6 Å². The van der Waals surface area contributed by atoms with Crippen LogP contribution >= 0.6 is 35.0 Å². The molecule has 272 valence electrons. The highest BCUT2D eigenvalue weighted by atomic mass is 35.5. The molecule has 0 fully saturated rings. The smallest absolute Gasteiger partial charge is 0.311 e. The fourth-order valence-corrected chi connectivity index (χ4v) is 9.67. The fraction of sp³-hybridized carbons (Fsp3) is 0.703. The average Bonchev–Trinajstić information content (AvgIpc) is 3.53. The van der Waals surface area contributed by atoms with E-state index < -0.39 is 25.7 Å². The lowest BCUT2D eigenvalue weighted by molar-refractivity contribution is -0.162. The Labute approximate surface area is 305 Å². The summed E-state index contributed by atoms with van der Waals surface area (Å²) < 4.78 is 13.5. The van der Waals surface area contributed by atoms with Gasteiger partial charge >= 0.3 is 11.9 Å². The van der Waals surface area contributed by atoms with Crippen LogP contribution in [0.2, 0.25) is 35.7 Å². The maximum Gasteiger partial charge on any atom is 0.311 e. The molecule has 0 saturated heterocycles. The number of unbranched alkanes of at least 4 members (excludes halogenated alkanes) is 7. The second kappa shape index (κ2) is 21.6. The van der Waals surface area contributed by atoms with E-state index in [2.05, 4.69) is 45.4 Å². The van der Waals surface area contributed by atoms with E-state index in [4.69, 9.17) is 37.8 Å². The number of benzene rings is 1. The Morgan fingerprint density at radius 2 is 1.60 bits per heavy atom. The molecule has 1 heterocycles. The molecule has 0 aliphatic carbocycles. The third kappa shape index (κ3) is 16.5. The van der Waals surface area contributed by atoms with Crippen molar-refractivity contribution in [1.82, 2.24) is 9.55 Å². The van der Waals surface area contributed by atoms with Crippen LogP contribution < -0.4 is 0 Å². The largest absolute Gasteiger partial charge is 0.481 e. The van der Waals surface area contributed by atoms with Crippen molar-refractivity contribution < 1.29 is 24.2 Å². The highest BCUT2D eigenvalue weighted by molar-refractivity contribution is 8.00. The number of carbonyl (C=O) groups is 2. The van der Waals surface area contributed by atoms with E-state index in [1.54, 1.807) is 25.7 Å². The Balaban J connectivity index is 2.21. The zero-order valence-corrected chi connectivity index (χ0v) is 33.6. The Bertz CT molecular complexity index is 1210. The molecule has 48 heavy (non-hydrogen) atoms. The first kappa shape index (κ1) is 42.6. The number of hydrogen-bond acceptors (Lipinski definition) is 6. The van der Waals surface area contributed by atoms with Crippen molar-refractivity contribution in [3.8, 4) is 0 Å². The van der Waals surface area contributed by atoms with Crippen molar-refractivity contribution in [2.24, 2.45) is 17.3 Å². The standard InChI is InChI=1S/C37H60Cl2N2O5SSi/c1-28(2)32(25-37(3,18-21-48(5,6)7)36(44)46-26-34(45-4)41-20-19-40-27-41)33(47-31-23-29(38)22-30(39)24-31)16-14-12-10-8-9-11-13-15-17-35(42)43/h19-20,22-24,27-28,32-34H,8-18,21,25-26H2,1-7H3,(H,42,43). The van der Waals surface area contributed by atoms with E-state index >= 15 is 0 Å². The van der Waals surface area contributed by atoms with E-state index in [1.807, 2.05) is 34.7 Å². The number of carboxylic acids is 1. The van der Waals surface area contributed by atoms with Gasteiger partial charge in [0.05, 0.1) is 11.7 Å². The topological polar surface area (TPSA) is 90.6 Å². The second-order valence-electron chi connectivity index (χ2n) is 15.1. The zero-order valence-electron chi connectivity index (χ0n) is 30.3. The molecule has 4 unspecified atom stereocenters. The molecule has 0 aliphatic heterocycles. The van der Waals surface area contributed by atoms with Gasteiger partial charge in [-0.2, -0.15) is 0 Å². The molecule has 1 aromatic heterocycles. The van der Waals surface area contributed by atoms with Crippen molar-refractivity contribution in [2.75, 3.05) is 13.7 Å². The monoisotopic (exact) mass is 742 g/mol. The van der Waals surface area contributed by atoms with E-state index in [9.17, 15) is 9.59 Å². The van der Waals surface area contributed by atoms with Gasteiger partial charge in [-0.05, 0) is 62.6 Å². The van der Waals surface area contributed by atoms with E-state index in [0.717, 1.165) is 68.7 Å². The van der Waals surface area contributed by atoms with E-state index in [-0.39, 0.29) is 30.2 Å². The van der Waals surface area contributed by atoms with Gasteiger partial charge in [0.25, 0.3) is 0 Å². The number of carbonyl (C=O) groups excluding carboxylic acids is 1. The van der Waals surface area contributed by atoms with E-state index in [0.29, 0.717) is 16.0 Å². The summed E-state index contributed by atoms with van der Waals surface area (Å²) in [7, 11) is 0.173. The minimum atomic E-state index is -1.44. The summed E-state index contributed by atoms with van der Waals surface area (Å²) in [5, 5.41) is 10.4. The number of hydrogen-bond donors (Lipinski definition) is 1. The van der Waals surface area contributed by atoms with Crippen molar-refractivity contribution in [1.29, 1.82) is 0 Å². The molecule has 0 radical (unpaired) electrons. The summed E-state index contributed by atoms with van der Waals surface area (Å²) in [6.07, 6.45) is 16.1. The van der Waals surface area contributed by atoms with Gasteiger partial charge in [-0.1, -0.05) is 108 Å². The summed E-state index contributed by atoms with van der Waals surface area (Å²) in [5.74, 6) is -0.264. The molecule has 4 atom stereocenters. The van der Waals surface area contributed by atoms with Gasteiger partial charge in [0.1, 0.15) is 6.61 Å². The highest BCUT2D eigenvalue weighted by Crippen LogP contribution is 2.45. The minimum absolute atomic E-state index is 0.124. The Kier molecular flexibility index (Phi) is 19.2. The highest BCUT2D eigenvalue weighted by Gasteiger charge is 2.41. The molecule has 7 nitrogen and oxygen atoms in total. The molecule has 0 bridgehead atoms. The summed E-state index contributed by atoms with van der Waals surface area (Å²) in [4.78, 5) is 30.0. The first-order valence-corrected chi connectivity index (χ1v) is 23.0. The van der Waals surface area contributed by atoms with Gasteiger partial charge in [0.15, 0.2) is 6.23 Å². The van der Waals surface area contributed by atoms with Crippen LogP contribution in [0.15, 0.2) is 41.8 Å². The number of thioether (sulfide) groups is 1. The number of esters is 1. The SMILES string of the molecule is COC(COC(=O)C(C)(CC[Si](C)(C)C)CC(C(C)C)C(CCCCCCCCCCC(=O)O)Sc1cc(Cl)cc(Cl)c1)n1ccnc1. The van der Waals surface area contributed by atoms with E-state index in [1.165, 1.54) is 12.8 Å². The number of ether oxygens (including phenoxy) is 2. The van der Waals surface area contributed by atoms with Crippen LogP contribution in [0.1, 0.15) is 104 Å². The van der Waals surface area contributed by atoms with Gasteiger partial charge in [0.2, 0.25) is 0 Å². The number of carboxylic acid groups (broad SMARTS) is 1. The number of methoxy groups -OCH3 is 1. The predicted molar refractivity (Wildman–Crippen MR) is 203 cm³/mol. The first-order chi connectivity index (χ1) is 22.6. The van der Waals surface area contributed by atoms with Gasteiger partial charge in [0, 0.05) is 54.2 Å². The molecule has 1 aromatic carbocycles. The number of imidazole rings is 1. The molecular weight excluding hydrogens is 683 g/mol. The maximum atomic E-state index is 14.1. The lowest BCUT2D eigenvalue weighted by Gasteiger charge is -2.38. The van der Waals surface area contributed by atoms with Crippen molar-refractivity contribution in [3.63, 3.8) is 0 Å². The second-order valence-corrected chi connectivity index (χ2v) is 22.9. The van der Waals surface area contributed by atoms with Crippen molar-refractivity contribution >= 4 is 55.0 Å². The third-order valence-electron chi connectivity index (χ3n) is 9.18. The van der Waals surface area contributed by atoms with Crippen molar-refractivity contribution in [3.05, 3.63) is 47.0 Å². The molecule has 0 aliphatic rings. The number of rotatable bonds is 25. The molecule has 11 heteroatoms. The van der Waals surface area contributed by atoms with Crippen LogP contribution in [0.5, 0.6) is 0 Å². The van der Waals surface area contributed by atoms with Gasteiger partial charge in [-0.25, -0.2) is 4.98 Å². The van der Waals surface area contributed by atoms with Gasteiger partial charge < -0.3 is 19.1 Å². The number of aromatic nitrogens is 2. The summed E-state index contributed by atoms with van der Waals surface area (Å²) in [6.45, 7) is 13.9. The first-order valence-electron chi connectivity index (χ1n) is 17.7. The van der Waals surface area contributed by atoms with Crippen LogP contribution in [-0.2, 0) is 19.1 Å². The molecule has 2 rings (SSSR count). The summed E-state index contributed by atoms with van der Waals surface area (Å²) >= 11 is 14.7. The normalized spacial score (nSPS) is 15.2. The minimum Gasteiger partial charge on any atom is -0.481 e. The fourth-order valence-electron chi connectivity index (χ4n) is 6.11. The maximum absolute atomic E-state index is 14.1. The lowest BCUT2D eigenvalue weighted by Crippen LogP contribution is -2.39. The molecule has 2 aromatic rings. The van der Waals surface area contributed by atoms with Gasteiger partial charge in [-0.3, -0.25) is 9.59 Å². The third-order valence-corrected chi connectivity index (χ3v) is 12.8. The average molecular weight is 744 g/mol. The quantitative estimate of drug-likeness (QED) is 0.0468. The van der Waals surface area contributed by atoms with Crippen LogP contribution in [0, 0.1) is 17.3 Å². The molecule has 0 spiro atoms. The molecular formula is C37H60Cl2N2O5SSi. The Morgan fingerprint density at radius 3 is 2.12 bits per heavy atom. The summed E-state index contributed by atoms with van der Waals surface area (Å²) in [6, 6.07) is 6.79. The molecule has 0 amide bonds. The van der Waals surface area contributed by atoms with Crippen molar-refractivity contribution in [2.45, 2.75) is 140 Å². The van der Waals surface area contributed by atoms with Crippen LogP contribution in [0.3, 0.4) is 0 Å². The van der Waals surface area contributed by atoms with Crippen LogP contribution in [0.25, 0.3) is 0 Å². The zero-order chi connectivity index (χ0) is 35.7. The number of aliphatic carboxylic acids is 1. The molecule has 0 saturated carbocycles. The van der Waals surface area contributed by atoms with Gasteiger partial charge in [-0.15, -0.1) is 11.8 Å². The summed E-state index contributed by atoms with van der Waals surface area (Å²) in [5.41, 5.74) is -0.645. The predicted octanol–water partition coefficient (Wildman–Crippen LogP) is 11.4. The Morgan fingerprint density at radius 1 is 1.00 bits per heavy atom. The molecule has 1 N–H and O–H groups in total. The number of halogens is 2. The Hall–Kier alpha value is -1.52. The lowest BCUT2D eigenvalue weighted by atomic mass is 9.73.